The fraction of sp³-hybridized carbons (Fsp3) is 0.312. The number of halogens is 1. The lowest BCUT2D eigenvalue weighted by atomic mass is 10.0. The van der Waals surface area contributed by atoms with E-state index in [2.05, 4.69) is 0 Å². The molecule has 7 heteroatoms. The van der Waals surface area contributed by atoms with Crippen LogP contribution < -0.4 is 0 Å². The molecule has 0 spiro atoms. The molecule has 1 fully saturated rings. The van der Waals surface area contributed by atoms with Crippen molar-refractivity contribution in [3.63, 3.8) is 0 Å². The van der Waals surface area contributed by atoms with E-state index in [1.165, 1.54) is 24.3 Å². The van der Waals surface area contributed by atoms with Gasteiger partial charge in [-0.05, 0) is 43.0 Å². The van der Waals surface area contributed by atoms with Gasteiger partial charge in [-0.25, -0.2) is 4.39 Å². The monoisotopic (exact) mass is 318 g/mol. The third-order valence-corrected chi connectivity index (χ3v) is 3.98. The number of amides is 1. The van der Waals surface area contributed by atoms with Crippen molar-refractivity contribution < 1.29 is 18.5 Å². The summed E-state index contributed by atoms with van der Waals surface area (Å²) < 4.78 is 18.3. The second-order valence-electron chi connectivity index (χ2n) is 5.52. The minimum Gasteiger partial charge on any atom is -0.395 e. The molecule has 1 aromatic heterocycles. The number of hydrogen-bond donors (Lipinski definition) is 0. The molecule has 120 valence electrons. The zero-order valence-electron chi connectivity index (χ0n) is 12.3. The second-order valence-corrected chi connectivity index (χ2v) is 5.52. The molecule has 0 N–H and O–H groups in total. The molecule has 1 saturated heterocycles. The number of rotatable bonds is 4. The highest BCUT2D eigenvalue weighted by atomic mass is 19.1. The minimum atomic E-state index is -0.676. The molecule has 2 aromatic rings. The van der Waals surface area contributed by atoms with Crippen molar-refractivity contribution >= 4 is 11.8 Å². The van der Waals surface area contributed by atoms with Crippen LogP contribution in [-0.4, -0.2) is 28.3 Å². The van der Waals surface area contributed by atoms with Gasteiger partial charge in [0.1, 0.15) is 10.7 Å². The van der Waals surface area contributed by atoms with E-state index in [9.17, 15) is 19.3 Å². The van der Waals surface area contributed by atoms with Crippen LogP contribution >= 0.6 is 0 Å². The van der Waals surface area contributed by atoms with E-state index in [4.69, 9.17) is 4.42 Å². The van der Waals surface area contributed by atoms with Gasteiger partial charge in [0.25, 0.3) is 5.91 Å². The first-order valence-electron chi connectivity index (χ1n) is 7.34. The van der Waals surface area contributed by atoms with Crippen molar-refractivity contribution in [3.8, 4) is 0 Å². The van der Waals surface area contributed by atoms with Gasteiger partial charge < -0.3 is 9.32 Å². The molecule has 6 nitrogen and oxygen atoms in total. The van der Waals surface area contributed by atoms with Gasteiger partial charge in [0, 0.05) is 12.6 Å². The number of nitrogens with zero attached hydrogens (tertiary/aromatic N) is 2. The van der Waals surface area contributed by atoms with Crippen LogP contribution in [0.1, 0.15) is 29.0 Å². The Balaban J connectivity index is 1.75. The Morgan fingerprint density at radius 1 is 1.39 bits per heavy atom. The van der Waals surface area contributed by atoms with E-state index in [0.29, 0.717) is 13.0 Å². The van der Waals surface area contributed by atoms with Gasteiger partial charge in [0.2, 0.25) is 0 Å². The van der Waals surface area contributed by atoms with Gasteiger partial charge in [-0.3, -0.25) is 14.9 Å². The van der Waals surface area contributed by atoms with Crippen LogP contribution in [0.5, 0.6) is 0 Å². The van der Waals surface area contributed by atoms with Crippen LogP contribution in [-0.2, 0) is 6.42 Å². The van der Waals surface area contributed by atoms with E-state index < -0.39 is 10.8 Å². The Kier molecular flexibility index (Phi) is 4.10. The third-order valence-electron chi connectivity index (χ3n) is 3.98. The lowest BCUT2D eigenvalue weighted by molar-refractivity contribution is -0.402. The van der Waals surface area contributed by atoms with Gasteiger partial charge in [0.05, 0.1) is 6.07 Å². The maximum atomic E-state index is 13.3. The number of likely N-dealkylation sites (tertiary alicyclic amines) is 1. The molecule has 23 heavy (non-hydrogen) atoms. The second kappa shape index (κ2) is 6.20. The lowest BCUT2D eigenvalue weighted by Crippen LogP contribution is -2.36. The number of nitro groups is 1. The molecule has 0 bridgehead atoms. The van der Waals surface area contributed by atoms with Crippen LogP contribution in [0.15, 0.2) is 40.8 Å². The highest BCUT2D eigenvalue weighted by molar-refractivity contribution is 5.92. The quantitative estimate of drug-likeness (QED) is 0.641. The van der Waals surface area contributed by atoms with Crippen LogP contribution in [0.4, 0.5) is 10.3 Å². The summed E-state index contributed by atoms with van der Waals surface area (Å²) in [7, 11) is 0. The molecule has 1 aliphatic heterocycles. The van der Waals surface area contributed by atoms with Gasteiger partial charge in [-0.1, -0.05) is 12.1 Å². The summed E-state index contributed by atoms with van der Waals surface area (Å²) in [5.74, 6) is -1.16. The molecule has 1 aliphatic rings. The number of carbonyl (C=O) groups is 1. The molecular formula is C16H15FN2O4. The average molecular weight is 318 g/mol. The van der Waals surface area contributed by atoms with Crippen LogP contribution in [0.25, 0.3) is 0 Å². The van der Waals surface area contributed by atoms with E-state index in [0.717, 1.165) is 18.4 Å². The third kappa shape index (κ3) is 3.23. The summed E-state index contributed by atoms with van der Waals surface area (Å²) >= 11 is 0. The highest BCUT2D eigenvalue weighted by Gasteiger charge is 2.32. The van der Waals surface area contributed by atoms with Gasteiger partial charge in [-0.2, -0.15) is 0 Å². The molecular weight excluding hydrogens is 303 g/mol. The minimum absolute atomic E-state index is 0.0390. The fourth-order valence-corrected chi connectivity index (χ4v) is 2.93. The van der Waals surface area contributed by atoms with E-state index in [-0.39, 0.29) is 23.5 Å². The van der Waals surface area contributed by atoms with E-state index in [1.807, 2.05) is 6.07 Å². The zero-order valence-corrected chi connectivity index (χ0v) is 12.3. The van der Waals surface area contributed by atoms with Crippen molar-refractivity contribution in [2.75, 3.05) is 6.54 Å². The Labute approximate surface area is 131 Å². The van der Waals surface area contributed by atoms with Crippen molar-refractivity contribution in [3.05, 3.63) is 63.7 Å². The summed E-state index contributed by atoms with van der Waals surface area (Å²) in [6.45, 7) is 0.563. The van der Waals surface area contributed by atoms with Crippen molar-refractivity contribution in [2.45, 2.75) is 25.3 Å². The summed E-state index contributed by atoms with van der Waals surface area (Å²) in [5.41, 5.74) is 0.820. The summed E-state index contributed by atoms with van der Waals surface area (Å²) in [6.07, 6.45) is 2.20. The predicted octanol–water partition coefficient (Wildman–Crippen LogP) is 3.17. The van der Waals surface area contributed by atoms with Gasteiger partial charge in [0.15, 0.2) is 5.76 Å². The van der Waals surface area contributed by atoms with Crippen molar-refractivity contribution in [1.29, 1.82) is 0 Å². The number of furan rings is 1. The Morgan fingerprint density at radius 2 is 2.22 bits per heavy atom. The number of hydrogen-bond acceptors (Lipinski definition) is 4. The van der Waals surface area contributed by atoms with Crippen LogP contribution in [0, 0.1) is 15.9 Å². The lowest BCUT2D eigenvalue weighted by Gasteiger charge is -2.23. The smallest absolute Gasteiger partial charge is 0.395 e. The SMILES string of the molecule is O=C(c1ccc([N+](=O)[O-])o1)N1CCCC1Cc1cccc(F)c1. The Morgan fingerprint density at radius 3 is 2.91 bits per heavy atom. The number of benzene rings is 1. The van der Waals surface area contributed by atoms with Crippen LogP contribution in [0.3, 0.4) is 0 Å². The Bertz CT molecular complexity index is 743. The zero-order chi connectivity index (χ0) is 16.4. The summed E-state index contributed by atoms with van der Waals surface area (Å²) in [5, 5.41) is 10.6. The molecule has 0 radical (unpaired) electrons. The van der Waals surface area contributed by atoms with Crippen molar-refractivity contribution in [2.24, 2.45) is 0 Å². The fourth-order valence-electron chi connectivity index (χ4n) is 2.93. The normalized spacial score (nSPS) is 17.4. The first kappa shape index (κ1) is 15.2. The Hall–Kier alpha value is -2.70. The maximum Gasteiger partial charge on any atom is 0.433 e. The largest absolute Gasteiger partial charge is 0.433 e. The molecule has 1 unspecified atom stereocenters. The average Bonchev–Trinajstić information content (AvgIpc) is 3.15. The standard InChI is InChI=1S/C16H15FN2O4/c17-12-4-1-3-11(9-12)10-13-5-2-8-18(13)16(20)14-6-7-15(23-14)19(21)22/h1,3-4,6-7,9,13H,2,5,8,10H2. The number of carbonyl (C=O) groups excluding carboxylic acids is 1. The predicted molar refractivity (Wildman–Crippen MR) is 79.5 cm³/mol. The summed E-state index contributed by atoms with van der Waals surface area (Å²) in [6, 6.07) is 8.72. The first-order chi connectivity index (χ1) is 11.0. The molecule has 0 saturated carbocycles. The molecule has 1 atom stereocenters. The molecule has 1 amide bonds. The van der Waals surface area contributed by atoms with Gasteiger partial charge >= 0.3 is 5.88 Å². The van der Waals surface area contributed by atoms with Crippen molar-refractivity contribution in [1.82, 2.24) is 4.90 Å². The topological polar surface area (TPSA) is 76.6 Å². The molecule has 0 aliphatic carbocycles. The molecule has 1 aromatic carbocycles. The van der Waals surface area contributed by atoms with E-state index >= 15 is 0 Å². The summed E-state index contributed by atoms with van der Waals surface area (Å²) in [4.78, 5) is 24.1. The first-order valence-corrected chi connectivity index (χ1v) is 7.34. The van der Waals surface area contributed by atoms with E-state index in [1.54, 1.807) is 11.0 Å². The maximum absolute atomic E-state index is 13.3. The molecule has 3 rings (SSSR count). The van der Waals surface area contributed by atoms with Crippen LogP contribution in [0.2, 0.25) is 0 Å². The highest BCUT2D eigenvalue weighted by Crippen LogP contribution is 2.25. The molecule has 2 heterocycles. The van der Waals surface area contributed by atoms with Gasteiger partial charge in [-0.15, -0.1) is 0 Å².